The molecular formula is C15H29NO. The normalized spacial score (nSPS) is 32.3. The van der Waals surface area contributed by atoms with Crippen LogP contribution in [0, 0.1) is 5.92 Å². The first-order valence-electron chi connectivity index (χ1n) is 7.47. The van der Waals surface area contributed by atoms with Gasteiger partial charge in [0.1, 0.15) is 0 Å². The third-order valence-corrected chi connectivity index (χ3v) is 4.55. The van der Waals surface area contributed by atoms with Gasteiger partial charge in [0, 0.05) is 18.7 Å². The summed E-state index contributed by atoms with van der Waals surface area (Å²) in [6.45, 7) is 7.73. The first-order valence-corrected chi connectivity index (χ1v) is 7.47. The third kappa shape index (κ3) is 3.96. The number of hydrogen-bond donors (Lipinski definition) is 1. The average molecular weight is 239 g/mol. The van der Waals surface area contributed by atoms with Crippen LogP contribution in [0.1, 0.15) is 65.7 Å². The first kappa shape index (κ1) is 13.4. The monoisotopic (exact) mass is 239 g/mol. The summed E-state index contributed by atoms with van der Waals surface area (Å²) in [6.07, 6.45) is 9.53. The van der Waals surface area contributed by atoms with Crippen LogP contribution in [0.5, 0.6) is 0 Å². The quantitative estimate of drug-likeness (QED) is 0.814. The van der Waals surface area contributed by atoms with E-state index in [4.69, 9.17) is 4.74 Å². The summed E-state index contributed by atoms with van der Waals surface area (Å²) >= 11 is 0. The maximum absolute atomic E-state index is 5.78. The number of hydrogen-bond acceptors (Lipinski definition) is 2. The minimum atomic E-state index is 0.0716. The van der Waals surface area contributed by atoms with Crippen LogP contribution in [0.15, 0.2) is 0 Å². The summed E-state index contributed by atoms with van der Waals surface area (Å²) in [5.74, 6) is 0.912. The van der Waals surface area contributed by atoms with E-state index in [2.05, 4.69) is 26.1 Å². The Morgan fingerprint density at radius 3 is 2.47 bits per heavy atom. The molecule has 1 saturated carbocycles. The predicted molar refractivity (Wildman–Crippen MR) is 72.2 cm³/mol. The van der Waals surface area contributed by atoms with E-state index in [9.17, 15) is 0 Å². The van der Waals surface area contributed by atoms with Gasteiger partial charge in [0.15, 0.2) is 0 Å². The molecule has 2 fully saturated rings. The molecule has 1 N–H and O–H groups in total. The highest BCUT2D eigenvalue weighted by Gasteiger charge is 2.30. The molecule has 2 atom stereocenters. The highest BCUT2D eigenvalue weighted by molar-refractivity contribution is 4.86. The van der Waals surface area contributed by atoms with Crippen molar-refractivity contribution in [1.29, 1.82) is 0 Å². The molecule has 17 heavy (non-hydrogen) atoms. The van der Waals surface area contributed by atoms with Crippen molar-refractivity contribution < 1.29 is 4.74 Å². The minimum absolute atomic E-state index is 0.0716. The summed E-state index contributed by atoms with van der Waals surface area (Å²) in [4.78, 5) is 0. The number of rotatable bonds is 3. The number of nitrogens with one attached hydrogen (secondary N) is 1. The van der Waals surface area contributed by atoms with Gasteiger partial charge < -0.3 is 10.1 Å². The Morgan fingerprint density at radius 1 is 1.12 bits per heavy atom. The van der Waals surface area contributed by atoms with E-state index in [-0.39, 0.29) is 5.60 Å². The van der Waals surface area contributed by atoms with Gasteiger partial charge in [-0.15, -0.1) is 0 Å². The fourth-order valence-corrected chi connectivity index (χ4v) is 3.52. The van der Waals surface area contributed by atoms with Gasteiger partial charge in [-0.25, -0.2) is 0 Å². The van der Waals surface area contributed by atoms with Gasteiger partial charge in [0.2, 0.25) is 0 Å². The molecule has 0 amide bonds. The molecule has 1 aliphatic carbocycles. The van der Waals surface area contributed by atoms with Crippen LogP contribution in [0.3, 0.4) is 0 Å². The Kier molecular flexibility index (Phi) is 4.48. The molecule has 2 aliphatic rings. The molecule has 2 heteroatoms. The van der Waals surface area contributed by atoms with E-state index in [1.54, 1.807) is 0 Å². The zero-order valence-corrected chi connectivity index (χ0v) is 11.8. The molecule has 2 nitrogen and oxygen atoms in total. The number of ether oxygens (including phenoxy) is 1. The second kappa shape index (κ2) is 5.71. The van der Waals surface area contributed by atoms with Crippen molar-refractivity contribution in [1.82, 2.24) is 5.32 Å². The van der Waals surface area contributed by atoms with Gasteiger partial charge in [0.25, 0.3) is 0 Å². The maximum atomic E-state index is 5.78. The third-order valence-electron chi connectivity index (χ3n) is 4.55. The zero-order chi connectivity index (χ0) is 12.3. The molecule has 1 saturated heterocycles. The smallest absolute Gasteiger partial charge is 0.0641 e. The molecule has 0 aromatic heterocycles. The summed E-state index contributed by atoms with van der Waals surface area (Å²) in [6, 6.07) is 1.35. The van der Waals surface area contributed by atoms with Crippen LogP contribution in [0.25, 0.3) is 0 Å². The minimum Gasteiger partial charge on any atom is -0.375 e. The molecule has 0 radical (unpaired) electrons. The Hall–Kier alpha value is -0.0800. The first-order chi connectivity index (χ1) is 8.07. The van der Waals surface area contributed by atoms with Crippen molar-refractivity contribution in [3.05, 3.63) is 0 Å². The van der Waals surface area contributed by atoms with Crippen LogP contribution < -0.4 is 5.32 Å². The second-order valence-corrected chi connectivity index (χ2v) is 6.65. The van der Waals surface area contributed by atoms with Crippen molar-refractivity contribution in [3.8, 4) is 0 Å². The highest BCUT2D eigenvalue weighted by atomic mass is 16.5. The Bertz CT molecular complexity index is 233. The van der Waals surface area contributed by atoms with Crippen molar-refractivity contribution in [2.75, 3.05) is 6.61 Å². The molecular weight excluding hydrogens is 210 g/mol. The van der Waals surface area contributed by atoms with Crippen LogP contribution in [0.2, 0.25) is 0 Å². The summed E-state index contributed by atoms with van der Waals surface area (Å²) in [5.41, 5.74) is 0.0716. The van der Waals surface area contributed by atoms with E-state index in [0.717, 1.165) is 18.9 Å². The van der Waals surface area contributed by atoms with E-state index in [1.165, 1.54) is 38.5 Å². The molecule has 0 bridgehead atoms. The van der Waals surface area contributed by atoms with Gasteiger partial charge in [-0.1, -0.05) is 19.3 Å². The largest absolute Gasteiger partial charge is 0.375 e. The standard InChI is InChI=1S/C15H29NO/c1-12(13-7-5-4-6-8-13)16-14-9-10-17-15(2,3)11-14/h12-14,16H,4-11H2,1-3H3. The lowest BCUT2D eigenvalue weighted by Crippen LogP contribution is -2.48. The molecule has 1 heterocycles. The van der Waals surface area contributed by atoms with Crippen LogP contribution >= 0.6 is 0 Å². The van der Waals surface area contributed by atoms with Crippen molar-refractivity contribution in [2.24, 2.45) is 5.92 Å². The zero-order valence-electron chi connectivity index (χ0n) is 11.8. The lowest BCUT2D eigenvalue weighted by atomic mass is 9.83. The lowest BCUT2D eigenvalue weighted by molar-refractivity contribution is -0.0648. The fraction of sp³-hybridized carbons (Fsp3) is 1.00. The highest BCUT2D eigenvalue weighted by Crippen LogP contribution is 2.29. The van der Waals surface area contributed by atoms with E-state index >= 15 is 0 Å². The Morgan fingerprint density at radius 2 is 1.82 bits per heavy atom. The molecule has 0 aromatic carbocycles. The van der Waals surface area contributed by atoms with Crippen LogP contribution in [-0.4, -0.2) is 24.3 Å². The van der Waals surface area contributed by atoms with E-state index in [0.29, 0.717) is 12.1 Å². The summed E-state index contributed by atoms with van der Waals surface area (Å²) in [7, 11) is 0. The average Bonchev–Trinajstić information content (AvgIpc) is 2.29. The van der Waals surface area contributed by atoms with Crippen molar-refractivity contribution in [2.45, 2.75) is 83.4 Å². The van der Waals surface area contributed by atoms with Gasteiger partial charge in [-0.05, 0) is 52.4 Å². The molecule has 100 valence electrons. The molecule has 2 rings (SSSR count). The van der Waals surface area contributed by atoms with Gasteiger partial charge in [0.05, 0.1) is 5.60 Å². The Labute approximate surface area is 107 Å². The van der Waals surface area contributed by atoms with Crippen molar-refractivity contribution in [3.63, 3.8) is 0 Å². The van der Waals surface area contributed by atoms with Crippen LogP contribution in [-0.2, 0) is 4.74 Å². The maximum Gasteiger partial charge on any atom is 0.0641 e. The predicted octanol–water partition coefficient (Wildman–Crippen LogP) is 3.50. The van der Waals surface area contributed by atoms with Gasteiger partial charge in [-0.2, -0.15) is 0 Å². The van der Waals surface area contributed by atoms with E-state index < -0.39 is 0 Å². The Balaban J connectivity index is 1.79. The molecule has 2 unspecified atom stereocenters. The molecule has 0 spiro atoms. The SMILES string of the molecule is CC(NC1CCOC(C)(C)C1)C1CCCCC1. The lowest BCUT2D eigenvalue weighted by Gasteiger charge is -2.39. The topological polar surface area (TPSA) is 21.3 Å². The second-order valence-electron chi connectivity index (χ2n) is 6.65. The van der Waals surface area contributed by atoms with Gasteiger partial charge in [-0.3, -0.25) is 0 Å². The summed E-state index contributed by atoms with van der Waals surface area (Å²) in [5, 5.41) is 3.86. The molecule has 1 aliphatic heterocycles. The van der Waals surface area contributed by atoms with Crippen LogP contribution in [0.4, 0.5) is 0 Å². The summed E-state index contributed by atoms with van der Waals surface area (Å²) < 4.78 is 5.78. The van der Waals surface area contributed by atoms with Gasteiger partial charge >= 0.3 is 0 Å². The molecule has 0 aromatic rings. The van der Waals surface area contributed by atoms with E-state index in [1.807, 2.05) is 0 Å². The fourth-order valence-electron chi connectivity index (χ4n) is 3.52. The van der Waals surface area contributed by atoms with Crippen molar-refractivity contribution >= 4 is 0 Å².